The number of thioether (sulfide) groups is 1. The Bertz CT molecular complexity index is 548. The molecule has 0 spiro atoms. The molecule has 0 saturated carbocycles. The molecule has 2 amide bonds. The molecule has 0 fully saturated rings. The van der Waals surface area contributed by atoms with Gasteiger partial charge in [-0.3, -0.25) is 9.59 Å². The number of hydrogen-bond acceptors (Lipinski definition) is 4. The van der Waals surface area contributed by atoms with Crippen LogP contribution in [0.3, 0.4) is 0 Å². The number of nitrogens with one attached hydrogen (secondary N) is 1. The van der Waals surface area contributed by atoms with Crippen LogP contribution in [0.1, 0.15) is 23.7 Å². The first-order valence-electron chi connectivity index (χ1n) is 6.85. The molecule has 1 aliphatic rings. The van der Waals surface area contributed by atoms with Crippen molar-refractivity contribution in [3.05, 3.63) is 23.8 Å². The number of likely N-dealkylation sites (N-methyl/N-ethyl adjacent to an activating group) is 1. The third-order valence-electron chi connectivity index (χ3n) is 3.48. The molecule has 0 aromatic heterocycles. The Labute approximate surface area is 129 Å². The van der Waals surface area contributed by atoms with Gasteiger partial charge in [0.1, 0.15) is 0 Å². The van der Waals surface area contributed by atoms with Crippen LogP contribution < -0.4 is 5.32 Å². The molecule has 0 aliphatic carbocycles. The quantitative estimate of drug-likeness (QED) is 0.926. The van der Waals surface area contributed by atoms with Gasteiger partial charge in [0.05, 0.1) is 18.3 Å². The van der Waals surface area contributed by atoms with E-state index in [2.05, 4.69) is 5.32 Å². The number of ether oxygens (including phenoxy) is 1. The standard InChI is InChI=1S/C15H20N2O3S/c1-10(9-20-3)17(2)15(19)11-4-5-13-12(8-11)16-14(18)6-7-21-13/h4-5,8,10H,6-7,9H2,1-3H3,(H,16,18)/t10-/m1/s1. The van der Waals surface area contributed by atoms with E-state index in [1.807, 2.05) is 19.1 Å². The molecular formula is C15H20N2O3S. The van der Waals surface area contributed by atoms with Gasteiger partial charge in [-0.1, -0.05) is 0 Å². The van der Waals surface area contributed by atoms with E-state index in [4.69, 9.17) is 4.74 Å². The number of rotatable bonds is 4. The lowest BCUT2D eigenvalue weighted by atomic mass is 10.1. The van der Waals surface area contributed by atoms with Gasteiger partial charge in [-0.15, -0.1) is 11.8 Å². The van der Waals surface area contributed by atoms with Crippen molar-refractivity contribution in [3.63, 3.8) is 0 Å². The first-order chi connectivity index (χ1) is 10.0. The van der Waals surface area contributed by atoms with Gasteiger partial charge >= 0.3 is 0 Å². The molecule has 6 heteroatoms. The highest BCUT2D eigenvalue weighted by molar-refractivity contribution is 7.99. The Morgan fingerprint density at radius 3 is 3.00 bits per heavy atom. The van der Waals surface area contributed by atoms with Crippen LogP contribution in [-0.2, 0) is 9.53 Å². The maximum absolute atomic E-state index is 12.5. The first-order valence-corrected chi connectivity index (χ1v) is 7.84. The van der Waals surface area contributed by atoms with Crippen LogP contribution >= 0.6 is 11.8 Å². The summed E-state index contributed by atoms with van der Waals surface area (Å²) in [4.78, 5) is 26.7. The molecule has 0 unspecified atom stereocenters. The van der Waals surface area contributed by atoms with Gasteiger partial charge in [0.25, 0.3) is 5.91 Å². The van der Waals surface area contributed by atoms with Crippen molar-refractivity contribution in [2.75, 3.05) is 31.8 Å². The number of benzene rings is 1. The van der Waals surface area contributed by atoms with Crippen LogP contribution in [0.2, 0.25) is 0 Å². The number of anilines is 1. The van der Waals surface area contributed by atoms with E-state index in [1.54, 1.807) is 36.9 Å². The summed E-state index contributed by atoms with van der Waals surface area (Å²) in [7, 11) is 3.37. The second-order valence-electron chi connectivity index (χ2n) is 5.08. The van der Waals surface area contributed by atoms with E-state index in [0.29, 0.717) is 18.6 Å². The molecule has 1 N–H and O–H groups in total. The zero-order chi connectivity index (χ0) is 15.4. The summed E-state index contributed by atoms with van der Waals surface area (Å²) < 4.78 is 5.08. The fourth-order valence-corrected chi connectivity index (χ4v) is 3.05. The smallest absolute Gasteiger partial charge is 0.253 e. The van der Waals surface area contributed by atoms with Crippen LogP contribution in [0.15, 0.2) is 23.1 Å². The topological polar surface area (TPSA) is 58.6 Å². The van der Waals surface area contributed by atoms with Crippen molar-refractivity contribution in [1.29, 1.82) is 0 Å². The molecule has 1 atom stereocenters. The highest BCUT2D eigenvalue weighted by atomic mass is 32.2. The van der Waals surface area contributed by atoms with Crippen LogP contribution in [0.4, 0.5) is 5.69 Å². The van der Waals surface area contributed by atoms with Gasteiger partial charge < -0.3 is 15.0 Å². The molecule has 0 radical (unpaired) electrons. The Morgan fingerprint density at radius 2 is 2.29 bits per heavy atom. The van der Waals surface area contributed by atoms with Crippen molar-refractivity contribution >= 4 is 29.3 Å². The van der Waals surface area contributed by atoms with Gasteiger partial charge in [-0.2, -0.15) is 0 Å². The van der Waals surface area contributed by atoms with Crippen molar-refractivity contribution in [1.82, 2.24) is 4.90 Å². The van der Waals surface area contributed by atoms with Gasteiger partial charge in [0.2, 0.25) is 5.91 Å². The highest BCUT2D eigenvalue weighted by Crippen LogP contribution is 2.31. The SMILES string of the molecule is COC[C@@H](C)N(C)C(=O)c1ccc2c(c1)NC(=O)CCS2. The predicted octanol–water partition coefficient (Wildman–Crippen LogP) is 2.23. The number of amides is 2. The predicted molar refractivity (Wildman–Crippen MR) is 83.8 cm³/mol. The third-order valence-corrected chi connectivity index (χ3v) is 4.55. The number of fused-ring (bicyclic) bond motifs is 1. The summed E-state index contributed by atoms with van der Waals surface area (Å²) in [5.74, 6) is 0.675. The van der Waals surface area contributed by atoms with Crippen LogP contribution in [0, 0.1) is 0 Å². The van der Waals surface area contributed by atoms with Crippen molar-refractivity contribution < 1.29 is 14.3 Å². The molecule has 0 bridgehead atoms. The number of carbonyl (C=O) groups excluding carboxylic acids is 2. The average molecular weight is 308 g/mol. The van der Waals surface area contributed by atoms with Gasteiger partial charge in [-0.25, -0.2) is 0 Å². The van der Waals surface area contributed by atoms with E-state index in [-0.39, 0.29) is 17.9 Å². The van der Waals surface area contributed by atoms with E-state index >= 15 is 0 Å². The molecule has 1 aromatic rings. The summed E-state index contributed by atoms with van der Waals surface area (Å²) in [6.45, 7) is 2.42. The number of carbonyl (C=O) groups is 2. The summed E-state index contributed by atoms with van der Waals surface area (Å²) in [6, 6.07) is 5.45. The maximum Gasteiger partial charge on any atom is 0.253 e. The highest BCUT2D eigenvalue weighted by Gasteiger charge is 2.20. The minimum Gasteiger partial charge on any atom is -0.383 e. The molecule has 2 rings (SSSR count). The second kappa shape index (κ2) is 6.95. The molecule has 1 aromatic carbocycles. The van der Waals surface area contributed by atoms with Gasteiger partial charge in [-0.05, 0) is 25.1 Å². The third kappa shape index (κ3) is 3.77. The summed E-state index contributed by atoms with van der Waals surface area (Å²) in [5.41, 5.74) is 1.29. The summed E-state index contributed by atoms with van der Waals surface area (Å²) >= 11 is 1.63. The van der Waals surface area contributed by atoms with E-state index < -0.39 is 0 Å². The zero-order valence-corrected chi connectivity index (χ0v) is 13.3. The molecule has 114 valence electrons. The van der Waals surface area contributed by atoms with E-state index in [1.165, 1.54) is 0 Å². The molecule has 0 saturated heterocycles. The Balaban J connectivity index is 2.21. The number of methoxy groups -OCH3 is 1. The largest absolute Gasteiger partial charge is 0.383 e. The van der Waals surface area contributed by atoms with Crippen LogP contribution in [-0.4, -0.2) is 49.3 Å². The average Bonchev–Trinajstić information content (AvgIpc) is 2.65. The number of nitrogens with zero attached hydrogens (tertiary/aromatic N) is 1. The van der Waals surface area contributed by atoms with Crippen LogP contribution in [0.5, 0.6) is 0 Å². The van der Waals surface area contributed by atoms with E-state index in [0.717, 1.165) is 16.3 Å². The Kier molecular flexibility index (Phi) is 5.25. The monoisotopic (exact) mass is 308 g/mol. The molecular weight excluding hydrogens is 288 g/mol. The van der Waals surface area contributed by atoms with Crippen molar-refractivity contribution in [2.45, 2.75) is 24.3 Å². The maximum atomic E-state index is 12.5. The first kappa shape index (κ1) is 15.9. The van der Waals surface area contributed by atoms with Crippen LogP contribution in [0.25, 0.3) is 0 Å². The normalized spacial score (nSPS) is 15.7. The van der Waals surface area contributed by atoms with Gasteiger partial charge in [0, 0.05) is 36.8 Å². The molecule has 1 aliphatic heterocycles. The number of hydrogen-bond donors (Lipinski definition) is 1. The lowest BCUT2D eigenvalue weighted by Crippen LogP contribution is -2.37. The van der Waals surface area contributed by atoms with Crippen molar-refractivity contribution in [3.8, 4) is 0 Å². The Hall–Kier alpha value is -1.53. The van der Waals surface area contributed by atoms with Gasteiger partial charge in [0.15, 0.2) is 0 Å². The minimum atomic E-state index is -0.0779. The minimum absolute atomic E-state index is 0.00745. The zero-order valence-electron chi connectivity index (χ0n) is 12.5. The molecule has 1 heterocycles. The molecule has 21 heavy (non-hydrogen) atoms. The lowest BCUT2D eigenvalue weighted by molar-refractivity contribution is -0.115. The molecule has 5 nitrogen and oxygen atoms in total. The summed E-state index contributed by atoms with van der Waals surface area (Å²) in [6.07, 6.45) is 0.493. The van der Waals surface area contributed by atoms with Crippen molar-refractivity contribution in [2.24, 2.45) is 0 Å². The lowest BCUT2D eigenvalue weighted by Gasteiger charge is -2.24. The second-order valence-corrected chi connectivity index (χ2v) is 6.21. The fraction of sp³-hybridized carbons (Fsp3) is 0.467. The Morgan fingerprint density at radius 1 is 1.52 bits per heavy atom. The fourth-order valence-electron chi connectivity index (χ4n) is 2.11. The van der Waals surface area contributed by atoms with E-state index in [9.17, 15) is 9.59 Å². The summed E-state index contributed by atoms with van der Waals surface area (Å²) in [5, 5.41) is 2.86.